The Morgan fingerprint density at radius 1 is 1.29 bits per heavy atom. The Hall–Kier alpha value is -1.70. The molecule has 1 aliphatic heterocycles. The fourth-order valence-electron chi connectivity index (χ4n) is 3.24. The van der Waals surface area contributed by atoms with Crippen LogP contribution in [0.25, 0.3) is 0 Å². The van der Waals surface area contributed by atoms with Gasteiger partial charge in [0.15, 0.2) is 0 Å². The highest BCUT2D eigenvalue weighted by Crippen LogP contribution is 2.24. The van der Waals surface area contributed by atoms with Crippen LogP contribution in [0.15, 0.2) is 41.6 Å². The van der Waals surface area contributed by atoms with Crippen molar-refractivity contribution in [3.63, 3.8) is 0 Å². The summed E-state index contributed by atoms with van der Waals surface area (Å²) >= 11 is 0. The van der Waals surface area contributed by atoms with Crippen LogP contribution in [-0.2, 0) is 23.1 Å². The highest BCUT2D eigenvalue weighted by molar-refractivity contribution is 7.89. The Balaban J connectivity index is 1.96. The third-order valence-electron chi connectivity index (χ3n) is 4.29. The van der Waals surface area contributed by atoms with Gasteiger partial charge in [0.05, 0.1) is 11.4 Å². The number of nitrogens with zero attached hydrogens (tertiary/aromatic N) is 4. The van der Waals surface area contributed by atoms with E-state index in [1.807, 2.05) is 33.3 Å². The van der Waals surface area contributed by atoms with Crippen LogP contribution >= 0.6 is 0 Å². The van der Waals surface area contributed by atoms with E-state index in [4.69, 9.17) is 0 Å². The first-order chi connectivity index (χ1) is 11.4. The summed E-state index contributed by atoms with van der Waals surface area (Å²) in [5, 5.41) is 0. The van der Waals surface area contributed by atoms with E-state index in [0.29, 0.717) is 18.0 Å². The maximum atomic E-state index is 13.1. The molecule has 0 bridgehead atoms. The van der Waals surface area contributed by atoms with Gasteiger partial charge in [0.2, 0.25) is 10.0 Å². The minimum absolute atomic E-state index is 0.218. The second kappa shape index (κ2) is 6.66. The predicted octanol–water partition coefficient (Wildman–Crippen LogP) is 1.57. The van der Waals surface area contributed by atoms with Gasteiger partial charge in [-0.2, -0.15) is 4.31 Å². The highest BCUT2D eigenvalue weighted by atomic mass is 32.2. The smallest absolute Gasteiger partial charge is 0.243 e. The van der Waals surface area contributed by atoms with Crippen LogP contribution in [0.2, 0.25) is 0 Å². The van der Waals surface area contributed by atoms with E-state index >= 15 is 0 Å². The van der Waals surface area contributed by atoms with Crippen molar-refractivity contribution in [3.8, 4) is 0 Å². The van der Waals surface area contributed by atoms with Gasteiger partial charge >= 0.3 is 0 Å². The maximum Gasteiger partial charge on any atom is 0.243 e. The summed E-state index contributed by atoms with van der Waals surface area (Å²) in [5.74, 6) is 1.02. The first-order valence-electron chi connectivity index (χ1n) is 8.08. The Kier molecular flexibility index (Phi) is 4.76. The molecule has 0 saturated carbocycles. The Morgan fingerprint density at radius 3 is 2.79 bits per heavy atom. The van der Waals surface area contributed by atoms with Crippen LogP contribution in [0, 0.1) is 12.8 Å². The van der Waals surface area contributed by atoms with Crippen molar-refractivity contribution >= 4 is 10.0 Å². The molecule has 2 aromatic rings. The van der Waals surface area contributed by atoms with E-state index in [1.54, 1.807) is 28.7 Å². The Morgan fingerprint density at radius 2 is 2.08 bits per heavy atom. The van der Waals surface area contributed by atoms with Crippen molar-refractivity contribution in [2.45, 2.75) is 24.9 Å². The number of fused-ring (bicyclic) bond motifs is 1. The summed E-state index contributed by atoms with van der Waals surface area (Å²) in [7, 11) is 0.490. The van der Waals surface area contributed by atoms with Gasteiger partial charge in [-0.1, -0.05) is 12.1 Å². The third-order valence-corrected chi connectivity index (χ3v) is 6.09. The fraction of sp³-hybridized carbons (Fsp3) is 0.471. The molecule has 2 heterocycles. The zero-order chi connectivity index (χ0) is 17.3. The summed E-state index contributed by atoms with van der Waals surface area (Å²) in [6.45, 7) is 4.33. The van der Waals surface area contributed by atoms with Gasteiger partial charge in [0, 0.05) is 37.9 Å². The molecule has 1 aliphatic rings. The van der Waals surface area contributed by atoms with Crippen molar-refractivity contribution in [2.24, 2.45) is 5.92 Å². The van der Waals surface area contributed by atoms with Crippen molar-refractivity contribution in [1.82, 2.24) is 18.8 Å². The third kappa shape index (κ3) is 3.53. The largest absolute Gasteiger partial charge is 0.333 e. The Bertz CT molecular complexity index is 814. The zero-order valence-corrected chi connectivity index (χ0v) is 15.2. The van der Waals surface area contributed by atoms with E-state index in [1.165, 1.54) is 0 Å². The molecule has 0 fully saturated rings. The summed E-state index contributed by atoms with van der Waals surface area (Å²) in [6.07, 6.45) is 3.67. The molecule has 1 aromatic heterocycles. The molecule has 130 valence electrons. The molecule has 0 N–H and O–H groups in total. The van der Waals surface area contributed by atoms with Crippen LogP contribution in [-0.4, -0.2) is 54.4 Å². The van der Waals surface area contributed by atoms with Gasteiger partial charge < -0.3 is 9.47 Å². The van der Waals surface area contributed by atoms with Crippen molar-refractivity contribution < 1.29 is 8.42 Å². The minimum Gasteiger partial charge on any atom is -0.333 e. The van der Waals surface area contributed by atoms with Gasteiger partial charge in [-0.3, -0.25) is 0 Å². The van der Waals surface area contributed by atoms with Gasteiger partial charge in [0.1, 0.15) is 5.82 Å². The van der Waals surface area contributed by atoms with Crippen LogP contribution in [0.3, 0.4) is 0 Å². The predicted molar refractivity (Wildman–Crippen MR) is 93.0 cm³/mol. The molecule has 0 aliphatic carbocycles. The minimum atomic E-state index is -3.54. The van der Waals surface area contributed by atoms with Gasteiger partial charge in [-0.15, -0.1) is 0 Å². The lowest BCUT2D eigenvalue weighted by molar-refractivity contribution is 0.264. The zero-order valence-electron chi connectivity index (χ0n) is 14.4. The van der Waals surface area contributed by atoms with Crippen molar-refractivity contribution in [1.29, 1.82) is 0 Å². The molecule has 0 radical (unpaired) electrons. The molecule has 24 heavy (non-hydrogen) atoms. The van der Waals surface area contributed by atoms with E-state index < -0.39 is 10.0 Å². The van der Waals surface area contributed by atoms with Gasteiger partial charge in [0.25, 0.3) is 0 Å². The molecule has 0 saturated heterocycles. The SMILES string of the molecule is Cc1cccc(S(=O)(=O)N2Cc3nccn3C[C@@H](CN(C)C)C2)c1. The standard InChI is InChI=1S/C17H24N4O2S/c1-14-5-4-6-16(9-14)24(22,23)21-12-15(10-19(2)3)11-20-8-7-18-17(20)13-21/h4-9,15H,10-13H2,1-3H3/t15-/m1/s1. The van der Waals surface area contributed by atoms with E-state index in [0.717, 1.165) is 24.5 Å². The van der Waals surface area contributed by atoms with E-state index in [2.05, 4.69) is 14.5 Å². The van der Waals surface area contributed by atoms with E-state index in [-0.39, 0.29) is 5.92 Å². The lowest BCUT2D eigenvalue weighted by atomic mass is 10.1. The van der Waals surface area contributed by atoms with E-state index in [9.17, 15) is 8.42 Å². The van der Waals surface area contributed by atoms with Crippen LogP contribution in [0.4, 0.5) is 0 Å². The molecule has 7 heteroatoms. The number of imidazole rings is 1. The molecule has 0 spiro atoms. The number of rotatable bonds is 4. The molecule has 0 amide bonds. The maximum absolute atomic E-state index is 13.1. The van der Waals surface area contributed by atoms with Crippen LogP contribution in [0.1, 0.15) is 11.4 Å². The quantitative estimate of drug-likeness (QED) is 0.842. The number of aryl methyl sites for hydroxylation is 1. The van der Waals surface area contributed by atoms with Crippen LogP contribution < -0.4 is 0 Å². The molecule has 1 aromatic carbocycles. The van der Waals surface area contributed by atoms with Crippen molar-refractivity contribution in [3.05, 3.63) is 48.0 Å². The first kappa shape index (κ1) is 17.1. The summed E-state index contributed by atoms with van der Waals surface area (Å²) < 4.78 is 29.9. The number of hydrogen-bond acceptors (Lipinski definition) is 4. The second-order valence-electron chi connectivity index (χ2n) is 6.74. The van der Waals surface area contributed by atoms with Gasteiger partial charge in [-0.25, -0.2) is 13.4 Å². The fourth-order valence-corrected chi connectivity index (χ4v) is 4.82. The van der Waals surface area contributed by atoms with Gasteiger partial charge in [-0.05, 0) is 38.7 Å². The molecule has 6 nitrogen and oxygen atoms in total. The lowest BCUT2D eigenvalue weighted by Gasteiger charge is -2.25. The molecule has 3 rings (SSSR count). The van der Waals surface area contributed by atoms with Crippen molar-refractivity contribution in [2.75, 3.05) is 27.2 Å². The number of aromatic nitrogens is 2. The molecule has 1 atom stereocenters. The molecule has 0 unspecified atom stereocenters. The van der Waals surface area contributed by atoms with Crippen LogP contribution in [0.5, 0.6) is 0 Å². The highest BCUT2D eigenvalue weighted by Gasteiger charge is 2.31. The average Bonchev–Trinajstić information content (AvgIpc) is 2.85. The summed E-state index contributed by atoms with van der Waals surface area (Å²) in [5.41, 5.74) is 0.942. The average molecular weight is 348 g/mol. The topological polar surface area (TPSA) is 58.4 Å². The molecular formula is C17H24N4O2S. The first-order valence-corrected chi connectivity index (χ1v) is 9.52. The normalized spacial score (nSPS) is 19.2. The summed E-state index contributed by atoms with van der Waals surface area (Å²) in [6, 6.07) is 7.09. The monoisotopic (exact) mass is 348 g/mol. The Labute approximate surface area is 143 Å². The second-order valence-corrected chi connectivity index (χ2v) is 8.68. The number of sulfonamides is 1. The molecular weight excluding hydrogens is 324 g/mol. The number of benzene rings is 1. The lowest BCUT2D eigenvalue weighted by Crippen LogP contribution is -2.37. The summed E-state index contributed by atoms with van der Waals surface area (Å²) in [4.78, 5) is 6.80. The number of hydrogen-bond donors (Lipinski definition) is 0.